The Hall–Kier alpha value is -1.31. The van der Waals surface area contributed by atoms with Gasteiger partial charge in [-0.25, -0.2) is 4.39 Å². The zero-order valence-corrected chi connectivity index (χ0v) is 8.09. The Balaban J connectivity index is 2.21. The van der Waals surface area contributed by atoms with Crippen molar-refractivity contribution in [2.24, 2.45) is 0 Å². The molecule has 0 amide bonds. The monoisotopic (exact) mass is 191 g/mol. The Morgan fingerprint density at radius 1 is 1.14 bits per heavy atom. The first kappa shape index (κ1) is 9.25. The van der Waals surface area contributed by atoms with E-state index < -0.39 is 0 Å². The minimum atomic E-state index is -0.139. The molecule has 2 rings (SSSR count). The molecule has 14 heavy (non-hydrogen) atoms. The lowest BCUT2D eigenvalue weighted by Crippen LogP contribution is -2.15. The molecule has 0 aromatic carbocycles. The van der Waals surface area contributed by atoms with Crippen molar-refractivity contribution in [3.63, 3.8) is 0 Å². The van der Waals surface area contributed by atoms with E-state index in [0.717, 1.165) is 12.8 Å². The fourth-order valence-corrected chi connectivity index (χ4v) is 1.72. The second-order valence-electron chi connectivity index (χ2n) is 3.50. The Labute approximate surface area is 83.7 Å². The van der Waals surface area contributed by atoms with Crippen LogP contribution in [0.4, 0.5) is 4.39 Å². The highest BCUT2D eigenvalue weighted by Crippen LogP contribution is 2.21. The van der Waals surface area contributed by atoms with E-state index in [4.69, 9.17) is 0 Å². The second kappa shape index (κ2) is 4.27. The van der Waals surface area contributed by atoms with E-state index in [9.17, 15) is 4.39 Å². The maximum absolute atomic E-state index is 13.1. The maximum Gasteiger partial charge on any atom is 0.119 e. The number of nitrogens with one attached hydrogen (secondary N) is 1. The highest BCUT2D eigenvalue weighted by atomic mass is 19.1. The van der Waals surface area contributed by atoms with E-state index in [2.05, 4.69) is 17.5 Å². The van der Waals surface area contributed by atoms with Crippen molar-refractivity contribution < 1.29 is 4.39 Å². The van der Waals surface area contributed by atoms with Gasteiger partial charge in [-0.1, -0.05) is 18.2 Å². The average molecular weight is 191 g/mol. The van der Waals surface area contributed by atoms with Crippen LogP contribution in [0.25, 0.3) is 0 Å². The summed E-state index contributed by atoms with van der Waals surface area (Å²) in [6, 6.07) is 0. The van der Waals surface area contributed by atoms with Gasteiger partial charge in [0, 0.05) is 12.2 Å². The molecule has 0 saturated carbocycles. The normalized spacial score (nSPS) is 27.6. The van der Waals surface area contributed by atoms with Crippen molar-refractivity contribution in [1.82, 2.24) is 5.32 Å². The third-order valence-electron chi connectivity index (χ3n) is 2.46. The standard InChI is InChI=1S/C12H14FN/c13-11-5-3-9-14-12-6-2-1-4-10(12)7-8-11/h3-6,8,14H,1-2,7,9H2/b5-3-,11-8+. The Morgan fingerprint density at radius 2 is 2.00 bits per heavy atom. The fourth-order valence-electron chi connectivity index (χ4n) is 1.72. The van der Waals surface area contributed by atoms with Gasteiger partial charge in [0.1, 0.15) is 5.83 Å². The lowest BCUT2D eigenvalue weighted by Gasteiger charge is -2.15. The molecule has 0 spiro atoms. The third kappa shape index (κ3) is 2.13. The van der Waals surface area contributed by atoms with Crippen LogP contribution in [-0.2, 0) is 0 Å². The van der Waals surface area contributed by atoms with Gasteiger partial charge in [-0.15, -0.1) is 0 Å². The van der Waals surface area contributed by atoms with Gasteiger partial charge in [-0.3, -0.25) is 0 Å². The van der Waals surface area contributed by atoms with Crippen LogP contribution in [0.3, 0.4) is 0 Å². The first-order valence-corrected chi connectivity index (χ1v) is 5.02. The third-order valence-corrected chi connectivity index (χ3v) is 2.46. The predicted octanol–water partition coefficient (Wildman–Crippen LogP) is 2.99. The minimum Gasteiger partial charge on any atom is -0.382 e. The summed E-state index contributed by atoms with van der Waals surface area (Å²) >= 11 is 0. The van der Waals surface area contributed by atoms with E-state index in [1.54, 1.807) is 6.08 Å². The molecule has 0 bridgehead atoms. The summed E-state index contributed by atoms with van der Waals surface area (Å²) in [7, 11) is 0. The minimum absolute atomic E-state index is 0.139. The van der Waals surface area contributed by atoms with E-state index in [0.29, 0.717) is 13.0 Å². The predicted molar refractivity (Wildman–Crippen MR) is 56.4 cm³/mol. The van der Waals surface area contributed by atoms with Crippen LogP contribution in [0.1, 0.15) is 19.3 Å². The molecule has 0 aromatic rings. The van der Waals surface area contributed by atoms with Crippen LogP contribution < -0.4 is 5.32 Å². The fraction of sp³-hybridized carbons (Fsp3) is 0.333. The quantitative estimate of drug-likeness (QED) is 0.620. The molecule has 1 N–H and O–H groups in total. The van der Waals surface area contributed by atoms with Crippen LogP contribution in [0.2, 0.25) is 0 Å². The molecule has 2 heteroatoms. The molecule has 1 aliphatic carbocycles. The summed E-state index contributed by atoms with van der Waals surface area (Å²) < 4.78 is 13.1. The number of hydrogen-bond donors (Lipinski definition) is 1. The molecule has 0 saturated heterocycles. The molecule has 2 aliphatic rings. The zero-order valence-electron chi connectivity index (χ0n) is 8.09. The van der Waals surface area contributed by atoms with Crippen molar-refractivity contribution in [2.45, 2.75) is 19.3 Å². The van der Waals surface area contributed by atoms with Crippen LogP contribution in [0, 0.1) is 0 Å². The first-order valence-electron chi connectivity index (χ1n) is 5.02. The van der Waals surface area contributed by atoms with Gasteiger partial charge in [-0.05, 0) is 37.0 Å². The van der Waals surface area contributed by atoms with E-state index >= 15 is 0 Å². The number of halogens is 1. The highest BCUT2D eigenvalue weighted by Gasteiger charge is 2.08. The molecular weight excluding hydrogens is 177 g/mol. The Kier molecular flexibility index (Phi) is 2.82. The molecule has 0 unspecified atom stereocenters. The van der Waals surface area contributed by atoms with Gasteiger partial charge in [0.25, 0.3) is 0 Å². The average Bonchev–Trinajstić information content (AvgIpc) is 2.30. The SMILES string of the molecule is FC1=C/CC2=CCCC=C2NC/C=C\1. The van der Waals surface area contributed by atoms with Gasteiger partial charge >= 0.3 is 0 Å². The second-order valence-corrected chi connectivity index (χ2v) is 3.50. The number of rotatable bonds is 0. The summed E-state index contributed by atoms with van der Waals surface area (Å²) in [6.45, 7) is 0.699. The molecule has 1 heterocycles. The van der Waals surface area contributed by atoms with Crippen molar-refractivity contribution >= 4 is 0 Å². The van der Waals surface area contributed by atoms with Gasteiger partial charge in [0.05, 0.1) is 0 Å². The molecule has 1 nitrogen and oxygen atoms in total. The number of fused-ring (bicyclic) bond motifs is 1. The first-order chi connectivity index (χ1) is 6.86. The smallest absolute Gasteiger partial charge is 0.119 e. The van der Waals surface area contributed by atoms with Crippen molar-refractivity contribution in [1.29, 1.82) is 0 Å². The molecule has 0 fully saturated rings. The molecule has 0 radical (unpaired) electrons. The molecule has 74 valence electrons. The van der Waals surface area contributed by atoms with Crippen LogP contribution in [-0.4, -0.2) is 6.54 Å². The van der Waals surface area contributed by atoms with Gasteiger partial charge in [0.15, 0.2) is 0 Å². The van der Waals surface area contributed by atoms with Crippen LogP contribution in [0.5, 0.6) is 0 Å². The topological polar surface area (TPSA) is 12.0 Å². The molecule has 0 aromatic heterocycles. The zero-order chi connectivity index (χ0) is 9.80. The summed E-state index contributed by atoms with van der Waals surface area (Å²) in [4.78, 5) is 0. The van der Waals surface area contributed by atoms with E-state index in [1.165, 1.54) is 17.3 Å². The maximum atomic E-state index is 13.1. The van der Waals surface area contributed by atoms with E-state index in [-0.39, 0.29) is 5.83 Å². The molecule has 0 atom stereocenters. The highest BCUT2D eigenvalue weighted by molar-refractivity contribution is 5.35. The number of allylic oxidation sites excluding steroid dienone is 6. The Morgan fingerprint density at radius 3 is 2.93 bits per heavy atom. The van der Waals surface area contributed by atoms with Crippen molar-refractivity contribution in [3.8, 4) is 0 Å². The largest absolute Gasteiger partial charge is 0.382 e. The Bertz CT molecular complexity index is 334. The lowest BCUT2D eigenvalue weighted by atomic mass is 10.0. The summed E-state index contributed by atoms with van der Waals surface area (Å²) in [5.41, 5.74) is 2.39. The van der Waals surface area contributed by atoms with Gasteiger partial charge in [-0.2, -0.15) is 0 Å². The molecular formula is C12H14FN. The van der Waals surface area contributed by atoms with Gasteiger partial charge in [0.2, 0.25) is 0 Å². The van der Waals surface area contributed by atoms with Crippen LogP contribution >= 0.6 is 0 Å². The summed E-state index contributed by atoms with van der Waals surface area (Å²) in [5, 5.41) is 3.29. The van der Waals surface area contributed by atoms with Crippen molar-refractivity contribution in [2.75, 3.05) is 6.54 Å². The van der Waals surface area contributed by atoms with Crippen molar-refractivity contribution in [3.05, 3.63) is 47.5 Å². The summed E-state index contributed by atoms with van der Waals surface area (Å²) in [6.07, 6.45) is 12.2. The summed E-state index contributed by atoms with van der Waals surface area (Å²) in [5.74, 6) is -0.139. The lowest BCUT2D eigenvalue weighted by molar-refractivity contribution is 0.662. The van der Waals surface area contributed by atoms with Gasteiger partial charge < -0.3 is 5.32 Å². The molecule has 1 aliphatic heterocycles. The van der Waals surface area contributed by atoms with E-state index in [1.807, 2.05) is 6.08 Å². The van der Waals surface area contributed by atoms with Crippen LogP contribution in [0.15, 0.2) is 47.5 Å². The number of hydrogen-bond acceptors (Lipinski definition) is 1.